The minimum absolute atomic E-state index is 0.103. The number of pyridine rings is 1. The van der Waals surface area contributed by atoms with Gasteiger partial charge in [-0.25, -0.2) is 0 Å². The first kappa shape index (κ1) is 17.0. The Kier molecular flexibility index (Phi) is 5.56. The number of halogens is 2. The Labute approximate surface area is 150 Å². The van der Waals surface area contributed by atoms with E-state index in [0.717, 1.165) is 30.8 Å². The second-order valence-electron chi connectivity index (χ2n) is 5.53. The molecule has 3 rings (SSSR count). The van der Waals surface area contributed by atoms with E-state index in [1.807, 2.05) is 6.07 Å². The molecule has 0 aliphatic carbocycles. The molecule has 1 saturated heterocycles. The van der Waals surface area contributed by atoms with E-state index in [2.05, 4.69) is 15.6 Å². The summed E-state index contributed by atoms with van der Waals surface area (Å²) in [6.45, 7) is 1.27. The molecule has 1 amide bonds. The third-order valence-corrected chi connectivity index (χ3v) is 4.45. The lowest BCUT2D eigenvalue weighted by atomic mass is 10.2. The Morgan fingerprint density at radius 2 is 2.04 bits per heavy atom. The molecule has 0 saturated carbocycles. The van der Waals surface area contributed by atoms with Gasteiger partial charge in [-0.05, 0) is 43.2 Å². The minimum atomic E-state index is -0.219. The van der Waals surface area contributed by atoms with E-state index in [4.69, 9.17) is 27.9 Å². The maximum Gasteiger partial charge on any atom is 0.270 e. The van der Waals surface area contributed by atoms with E-state index in [0.29, 0.717) is 22.3 Å². The third-order valence-electron chi connectivity index (χ3n) is 3.72. The Balaban J connectivity index is 1.64. The summed E-state index contributed by atoms with van der Waals surface area (Å²) in [6.07, 6.45) is 3.71. The molecule has 1 aliphatic rings. The van der Waals surface area contributed by atoms with Gasteiger partial charge < -0.3 is 15.4 Å². The Hall–Kier alpha value is -1.82. The van der Waals surface area contributed by atoms with Crippen molar-refractivity contribution >= 4 is 40.5 Å². The van der Waals surface area contributed by atoms with Crippen LogP contribution < -0.4 is 10.6 Å². The van der Waals surface area contributed by atoms with Crippen molar-refractivity contribution in [3.8, 4) is 0 Å². The zero-order chi connectivity index (χ0) is 16.9. The number of carbonyl (C=O) groups is 1. The van der Waals surface area contributed by atoms with Crippen molar-refractivity contribution < 1.29 is 9.53 Å². The van der Waals surface area contributed by atoms with E-state index in [1.54, 1.807) is 30.5 Å². The highest BCUT2D eigenvalue weighted by molar-refractivity contribution is 6.42. The number of amides is 1. The van der Waals surface area contributed by atoms with E-state index < -0.39 is 0 Å². The summed E-state index contributed by atoms with van der Waals surface area (Å²) in [7, 11) is 0. The Morgan fingerprint density at radius 3 is 2.79 bits per heavy atom. The van der Waals surface area contributed by atoms with E-state index >= 15 is 0 Å². The molecule has 1 aliphatic heterocycles. The van der Waals surface area contributed by atoms with Crippen LogP contribution in [-0.2, 0) is 4.74 Å². The summed E-state index contributed by atoms with van der Waals surface area (Å²) < 4.78 is 5.49. The molecule has 2 aromatic rings. The average Bonchev–Trinajstić information content (AvgIpc) is 3.10. The first-order valence-electron chi connectivity index (χ1n) is 7.70. The van der Waals surface area contributed by atoms with Gasteiger partial charge in [0.05, 0.1) is 16.1 Å². The predicted molar refractivity (Wildman–Crippen MR) is 95.3 cm³/mol. The van der Waals surface area contributed by atoms with Crippen molar-refractivity contribution in [2.24, 2.45) is 0 Å². The normalized spacial score (nSPS) is 16.8. The van der Waals surface area contributed by atoms with Gasteiger partial charge in [-0.1, -0.05) is 23.2 Å². The molecule has 1 aromatic heterocycles. The zero-order valence-electron chi connectivity index (χ0n) is 12.9. The van der Waals surface area contributed by atoms with E-state index in [9.17, 15) is 4.79 Å². The van der Waals surface area contributed by atoms with Crippen molar-refractivity contribution in [2.45, 2.75) is 18.9 Å². The van der Waals surface area contributed by atoms with Gasteiger partial charge in [-0.3, -0.25) is 9.78 Å². The van der Waals surface area contributed by atoms with Crippen LogP contribution in [0.15, 0.2) is 36.5 Å². The van der Waals surface area contributed by atoms with Gasteiger partial charge in [0.15, 0.2) is 0 Å². The van der Waals surface area contributed by atoms with E-state index in [1.165, 1.54) is 0 Å². The van der Waals surface area contributed by atoms with Crippen LogP contribution in [0.1, 0.15) is 23.3 Å². The highest BCUT2D eigenvalue weighted by Crippen LogP contribution is 2.27. The number of ether oxygens (including phenoxy) is 1. The van der Waals surface area contributed by atoms with Crippen LogP contribution in [0.5, 0.6) is 0 Å². The monoisotopic (exact) mass is 365 g/mol. The number of benzene rings is 1. The summed E-state index contributed by atoms with van der Waals surface area (Å²) in [5.41, 5.74) is 1.87. The van der Waals surface area contributed by atoms with Crippen molar-refractivity contribution in [3.05, 3.63) is 52.3 Å². The number of nitrogens with one attached hydrogen (secondary N) is 2. The number of nitrogens with zero attached hydrogens (tertiary/aromatic N) is 1. The first-order valence-corrected chi connectivity index (χ1v) is 8.45. The van der Waals surface area contributed by atoms with Crippen LogP contribution in [-0.4, -0.2) is 30.1 Å². The van der Waals surface area contributed by atoms with Gasteiger partial charge in [0.2, 0.25) is 0 Å². The number of anilines is 2. The Bertz CT molecular complexity index is 734. The fourth-order valence-corrected chi connectivity index (χ4v) is 2.77. The smallest absolute Gasteiger partial charge is 0.270 e. The molecule has 2 N–H and O–H groups in total. The van der Waals surface area contributed by atoms with Crippen LogP contribution in [0.25, 0.3) is 0 Å². The summed E-state index contributed by atoms with van der Waals surface area (Å²) in [6, 6.07) is 8.71. The van der Waals surface area contributed by atoms with Gasteiger partial charge in [-0.15, -0.1) is 0 Å². The SMILES string of the molecule is O=C(NCC1CCCO1)c1cc(Nc2ccc(Cl)c(Cl)c2)ccn1. The molecule has 2 heterocycles. The highest BCUT2D eigenvalue weighted by Gasteiger charge is 2.17. The zero-order valence-corrected chi connectivity index (χ0v) is 14.4. The quantitative estimate of drug-likeness (QED) is 0.838. The van der Waals surface area contributed by atoms with Crippen LogP contribution >= 0.6 is 23.2 Å². The second kappa shape index (κ2) is 7.83. The van der Waals surface area contributed by atoms with Gasteiger partial charge in [0, 0.05) is 30.7 Å². The Morgan fingerprint density at radius 1 is 1.21 bits per heavy atom. The molecule has 1 atom stereocenters. The summed E-state index contributed by atoms with van der Waals surface area (Å²) >= 11 is 11.9. The fraction of sp³-hybridized carbons (Fsp3) is 0.294. The summed E-state index contributed by atoms with van der Waals surface area (Å²) in [5.74, 6) is -0.219. The lowest BCUT2D eigenvalue weighted by Gasteiger charge is -2.11. The van der Waals surface area contributed by atoms with Crippen molar-refractivity contribution in [3.63, 3.8) is 0 Å². The second-order valence-corrected chi connectivity index (χ2v) is 6.34. The average molecular weight is 366 g/mol. The van der Waals surface area contributed by atoms with Crippen molar-refractivity contribution in [1.82, 2.24) is 10.3 Å². The lowest BCUT2D eigenvalue weighted by Crippen LogP contribution is -2.32. The van der Waals surface area contributed by atoms with Gasteiger partial charge in [0.25, 0.3) is 5.91 Å². The predicted octanol–water partition coefficient (Wildman–Crippen LogP) is 4.04. The fourth-order valence-electron chi connectivity index (χ4n) is 2.48. The topological polar surface area (TPSA) is 63.2 Å². The molecule has 7 heteroatoms. The molecule has 1 unspecified atom stereocenters. The standard InChI is InChI=1S/C17H17Cl2N3O2/c18-14-4-3-11(8-15(14)19)22-12-5-6-20-16(9-12)17(23)21-10-13-2-1-7-24-13/h3-6,8-9,13H,1-2,7,10H2,(H,20,22)(H,21,23). The van der Waals surface area contributed by atoms with Crippen molar-refractivity contribution in [2.75, 3.05) is 18.5 Å². The van der Waals surface area contributed by atoms with E-state index in [-0.39, 0.29) is 12.0 Å². The maximum atomic E-state index is 12.2. The number of carbonyl (C=O) groups excluding carboxylic acids is 1. The molecular formula is C17H17Cl2N3O2. The molecule has 0 radical (unpaired) electrons. The molecule has 5 nitrogen and oxygen atoms in total. The van der Waals surface area contributed by atoms with Gasteiger partial charge in [-0.2, -0.15) is 0 Å². The summed E-state index contributed by atoms with van der Waals surface area (Å²) in [4.78, 5) is 16.3. The molecule has 24 heavy (non-hydrogen) atoms. The minimum Gasteiger partial charge on any atom is -0.376 e. The molecule has 1 fully saturated rings. The molecule has 126 valence electrons. The molecule has 0 spiro atoms. The van der Waals surface area contributed by atoms with Gasteiger partial charge >= 0.3 is 0 Å². The largest absolute Gasteiger partial charge is 0.376 e. The van der Waals surface area contributed by atoms with Crippen LogP contribution in [0.2, 0.25) is 10.0 Å². The summed E-state index contributed by atoms with van der Waals surface area (Å²) in [5, 5.41) is 6.99. The highest BCUT2D eigenvalue weighted by atomic mass is 35.5. The first-order chi connectivity index (χ1) is 11.6. The number of hydrogen-bond acceptors (Lipinski definition) is 4. The molecule has 0 bridgehead atoms. The van der Waals surface area contributed by atoms with Crippen LogP contribution in [0.4, 0.5) is 11.4 Å². The van der Waals surface area contributed by atoms with Gasteiger partial charge in [0.1, 0.15) is 5.69 Å². The molecular weight excluding hydrogens is 349 g/mol. The lowest BCUT2D eigenvalue weighted by molar-refractivity contribution is 0.0854. The maximum absolute atomic E-state index is 12.2. The third kappa shape index (κ3) is 4.38. The number of hydrogen-bond donors (Lipinski definition) is 2. The molecule has 1 aromatic carbocycles. The van der Waals surface area contributed by atoms with Crippen LogP contribution in [0.3, 0.4) is 0 Å². The van der Waals surface area contributed by atoms with Crippen LogP contribution in [0, 0.1) is 0 Å². The number of rotatable bonds is 5. The van der Waals surface area contributed by atoms with Crippen molar-refractivity contribution in [1.29, 1.82) is 0 Å². The number of aromatic nitrogens is 1.